The summed E-state index contributed by atoms with van der Waals surface area (Å²) in [5.41, 5.74) is 1.09. The van der Waals surface area contributed by atoms with Gasteiger partial charge in [-0.2, -0.15) is 5.10 Å². The summed E-state index contributed by atoms with van der Waals surface area (Å²) in [7, 11) is 0. The van der Waals surface area contributed by atoms with Crippen molar-refractivity contribution in [2.24, 2.45) is 0 Å². The Kier molecular flexibility index (Phi) is 5.00. The number of nitrogens with zero attached hydrogens (tertiary/aromatic N) is 3. The molecule has 1 amide bonds. The molecule has 3 rings (SSSR count). The zero-order valence-electron chi connectivity index (χ0n) is 12.5. The van der Waals surface area contributed by atoms with Gasteiger partial charge in [-0.15, -0.1) is 0 Å². The number of nitro groups is 1. The van der Waals surface area contributed by atoms with Gasteiger partial charge in [-0.05, 0) is 52.9 Å². The molecule has 0 spiro atoms. The Hall–Kier alpha value is -2.46. The van der Waals surface area contributed by atoms with Crippen molar-refractivity contribution in [1.82, 2.24) is 9.78 Å². The number of carbonyl (C=O) groups excluding carboxylic acids is 1. The SMILES string of the molecule is O=C(Nc1ccc(I)cc1Cl)c1ccn(-c2cccc([N+](=O)[O-])c2)n1. The number of benzene rings is 2. The number of nitrogens with one attached hydrogen (secondary N) is 1. The molecule has 1 N–H and O–H groups in total. The lowest BCUT2D eigenvalue weighted by Crippen LogP contribution is -2.13. The molecule has 0 radical (unpaired) electrons. The topological polar surface area (TPSA) is 90.1 Å². The van der Waals surface area contributed by atoms with Crippen LogP contribution in [0.3, 0.4) is 0 Å². The molecule has 1 heterocycles. The Morgan fingerprint density at radius 1 is 1.24 bits per heavy atom. The number of carbonyl (C=O) groups is 1. The molecule has 0 atom stereocenters. The fourth-order valence-electron chi connectivity index (χ4n) is 2.12. The number of aromatic nitrogens is 2. The first-order valence-electron chi connectivity index (χ1n) is 7.01. The van der Waals surface area contributed by atoms with Gasteiger partial charge in [-0.3, -0.25) is 14.9 Å². The van der Waals surface area contributed by atoms with Gasteiger partial charge in [0.25, 0.3) is 11.6 Å². The van der Waals surface area contributed by atoms with Crippen molar-refractivity contribution in [1.29, 1.82) is 0 Å². The number of amides is 1. The van der Waals surface area contributed by atoms with Gasteiger partial charge in [0, 0.05) is 21.9 Å². The summed E-state index contributed by atoms with van der Waals surface area (Å²) in [6, 6.07) is 12.8. The molecule has 0 aliphatic carbocycles. The molecular formula is C16H10ClIN4O3. The molecule has 1 aromatic heterocycles. The van der Waals surface area contributed by atoms with E-state index in [1.165, 1.54) is 22.9 Å². The second-order valence-electron chi connectivity index (χ2n) is 5.00. The first-order chi connectivity index (χ1) is 11.9. The number of nitro benzene ring substituents is 1. The molecule has 0 aliphatic rings. The molecule has 0 saturated carbocycles. The lowest BCUT2D eigenvalue weighted by atomic mass is 10.3. The lowest BCUT2D eigenvalue weighted by molar-refractivity contribution is -0.384. The van der Waals surface area contributed by atoms with Gasteiger partial charge in [0.1, 0.15) is 0 Å². The van der Waals surface area contributed by atoms with E-state index < -0.39 is 10.8 Å². The number of halogens is 2. The van der Waals surface area contributed by atoms with Crippen molar-refractivity contribution >= 4 is 51.5 Å². The average molecular weight is 469 g/mol. The summed E-state index contributed by atoms with van der Waals surface area (Å²) in [5, 5.41) is 18.1. The van der Waals surface area contributed by atoms with Crippen LogP contribution in [0.4, 0.5) is 11.4 Å². The maximum absolute atomic E-state index is 12.3. The first-order valence-corrected chi connectivity index (χ1v) is 8.46. The molecule has 3 aromatic rings. The maximum Gasteiger partial charge on any atom is 0.276 e. The van der Waals surface area contributed by atoms with E-state index in [-0.39, 0.29) is 11.4 Å². The van der Waals surface area contributed by atoms with Crippen LogP contribution in [0.2, 0.25) is 5.02 Å². The fourth-order valence-corrected chi connectivity index (χ4v) is 3.02. The third-order valence-corrected chi connectivity index (χ3v) is 4.29. The first kappa shape index (κ1) is 17.4. The number of non-ortho nitro benzene ring substituents is 1. The highest BCUT2D eigenvalue weighted by atomic mass is 127. The highest BCUT2D eigenvalue weighted by Gasteiger charge is 2.13. The number of hydrogen-bond donors (Lipinski definition) is 1. The maximum atomic E-state index is 12.3. The highest BCUT2D eigenvalue weighted by molar-refractivity contribution is 14.1. The summed E-state index contributed by atoms with van der Waals surface area (Å²) >= 11 is 8.22. The normalized spacial score (nSPS) is 10.5. The average Bonchev–Trinajstić information content (AvgIpc) is 3.07. The molecule has 126 valence electrons. The van der Waals surface area contributed by atoms with Gasteiger partial charge in [0.05, 0.1) is 21.3 Å². The van der Waals surface area contributed by atoms with Crippen molar-refractivity contribution in [3.8, 4) is 5.69 Å². The molecule has 25 heavy (non-hydrogen) atoms. The molecule has 0 aliphatic heterocycles. The van der Waals surface area contributed by atoms with E-state index in [1.54, 1.807) is 30.5 Å². The van der Waals surface area contributed by atoms with E-state index in [1.807, 2.05) is 6.07 Å². The van der Waals surface area contributed by atoms with Gasteiger partial charge in [0.15, 0.2) is 5.69 Å². The molecule has 0 fully saturated rings. The van der Waals surface area contributed by atoms with Gasteiger partial charge >= 0.3 is 0 Å². The predicted molar refractivity (Wildman–Crippen MR) is 102 cm³/mol. The van der Waals surface area contributed by atoms with Crippen LogP contribution in [0.5, 0.6) is 0 Å². The van der Waals surface area contributed by atoms with Crippen LogP contribution in [-0.4, -0.2) is 20.6 Å². The smallest absolute Gasteiger partial charge is 0.276 e. The third-order valence-electron chi connectivity index (χ3n) is 3.31. The minimum atomic E-state index is -0.487. The Bertz CT molecular complexity index is 974. The largest absolute Gasteiger partial charge is 0.319 e. The van der Waals surface area contributed by atoms with Crippen molar-refractivity contribution in [3.05, 3.63) is 79.1 Å². The minimum Gasteiger partial charge on any atom is -0.319 e. The van der Waals surface area contributed by atoms with E-state index in [9.17, 15) is 14.9 Å². The zero-order chi connectivity index (χ0) is 18.0. The van der Waals surface area contributed by atoms with E-state index in [2.05, 4.69) is 33.0 Å². The van der Waals surface area contributed by atoms with Crippen LogP contribution in [0.25, 0.3) is 5.69 Å². The fraction of sp³-hybridized carbons (Fsp3) is 0. The highest BCUT2D eigenvalue weighted by Crippen LogP contribution is 2.24. The number of hydrogen-bond acceptors (Lipinski definition) is 4. The summed E-state index contributed by atoms with van der Waals surface area (Å²) in [6.07, 6.45) is 1.56. The Balaban J connectivity index is 1.82. The number of rotatable bonds is 4. The van der Waals surface area contributed by atoms with E-state index in [4.69, 9.17) is 11.6 Å². The van der Waals surface area contributed by atoms with Crippen LogP contribution >= 0.6 is 34.2 Å². The van der Waals surface area contributed by atoms with Crippen LogP contribution in [0, 0.1) is 13.7 Å². The third kappa shape index (κ3) is 3.97. The van der Waals surface area contributed by atoms with Crippen molar-refractivity contribution < 1.29 is 9.72 Å². The van der Waals surface area contributed by atoms with Gasteiger partial charge in [-0.25, -0.2) is 4.68 Å². The Morgan fingerprint density at radius 2 is 2.04 bits per heavy atom. The quantitative estimate of drug-likeness (QED) is 0.351. The van der Waals surface area contributed by atoms with Gasteiger partial charge in [0.2, 0.25) is 0 Å². The van der Waals surface area contributed by atoms with E-state index in [0.29, 0.717) is 16.4 Å². The molecule has 0 saturated heterocycles. The van der Waals surface area contributed by atoms with Crippen LogP contribution in [0.15, 0.2) is 54.7 Å². The van der Waals surface area contributed by atoms with Crippen LogP contribution in [0.1, 0.15) is 10.5 Å². The lowest BCUT2D eigenvalue weighted by Gasteiger charge is -2.06. The monoisotopic (exact) mass is 468 g/mol. The molecule has 9 heteroatoms. The van der Waals surface area contributed by atoms with Gasteiger partial charge in [-0.1, -0.05) is 17.7 Å². The van der Waals surface area contributed by atoms with Gasteiger partial charge < -0.3 is 5.32 Å². The van der Waals surface area contributed by atoms with E-state index in [0.717, 1.165) is 3.57 Å². The zero-order valence-corrected chi connectivity index (χ0v) is 15.4. The predicted octanol–water partition coefficient (Wildman–Crippen LogP) is 4.29. The van der Waals surface area contributed by atoms with Crippen molar-refractivity contribution in [2.45, 2.75) is 0 Å². The molecule has 7 nitrogen and oxygen atoms in total. The molecule has 2 aromatic carbocycles. The second kappa shape index (κ2) is 7.19. The molecular weight excluding hydrogens is 459 g/mol. The van der Waals surface area contributed by atoms with Crippen LogP contribution in [-0.2, 0) is 0 Å². The molecule has 0 bridgehead atoms. The summed E-state index contributed by atoms with van der Waals surface area (Å²) < 4.78 is 2.35. The second-order valence-corrected chi connectivity index (χ2v) is 6.65. The van der Waals surface area contributed by atoms with Crippen LogP contribution < -0.4 is 5.32 Å². The Labute approximate surface area is 160 Å². The number of anilines is 1. The van der Waals surface area contributed by atoms with Crippen molar-refractivity contribution in [2.75, 3.05) is 5.32 Å². The van der Waals surface area contributed by atoms with E-state index >= 15 is 0 Å². The summed E-state index contributed by atoms with van der Waals surface area (Å²) in [6.45, 7) is 0. The molecule has 0 unspecified atom stereocenters. The van der Waals surface area contributed by atoms with Crippen molar-refractivity contribution in [3.63, 3.8) is 0 Å². The standard InChI is InChI=1S/C16H10ClIN4O3/c17-13-8-10(18)4-5-14(13)19-16(23)15-6-7-21(20-15)11-2-1-3-12(9-11)22(24)25/h1-9H,(H,19,23). The Morgan fingerprint density at radius 3 is 2.76 bits per heavy atom. The summed E-state index contributed by atoms with van der Waals surface area (Å²) in [4.78, 5) is 22.7. The summed E-state index contributed by atoms with van der Waals surface area (Å²) in [5.74, 6) is -0.424. The minimum absolute atomic E-state index is 0.0512.